The van der Waals surface area contributed by atoms with Gasteiger partial charge < -0.3 is 4.74 Å². The van der Waals surface area contributed by atoms with Gasteiger partial charge in [0.1, 0.15) is 5.75 Å². The lowest BCUT2D eigenvalue weighted by atomic mass is 9.88. The number of benzene rings is 1. The van der Waals surface area contributed by atoms with E-state index in [4.69, 9.17) is 4.74 Å². The van der Waals surface area contributed by atoms with Gasteiger partial charge in [-0.1, -0.05) is 86.1 Å². The number of hydrogen-bond donors (Lipinski definition) is 0. The van der Waals surface area contributed by atoms with Crippen molar-refractivity contribution >= 4 is 5.97 Å². The average Bonchev–Trinajstić information content (AvgIpc) is 2.99. The van der Waals surface area contributed by atoms with Gasteiger partial charge in [-0.15, -0.1) is 0 Å². The first kappa shape index (κ1) is 28.4. The highest BCUT2D eigenvalue weighted by Gasteiger charge is 2.22. The Labute approximate surface area is 187 Å². The van der Waals surface area contributed by atoms with Crippen LogP contribution in [0.25, 0.3) is 0 Å². The van der Waals surface area contributed by atoms with Crippen molar-refractivity contribution in [3.63, 3.8) is 0 Å². The predicted molar refractivity (Wildman–Crippen MR) is 132 cm³/mol. The summed E-state index contributed by atoms with van der Waals surface area (Å²) in [6.07, 6.45) is 12.6. The minimum Gasteiger partial charge on any atom is -0.426 e. The standard InChI is InChI=1S/C24H36O2.2C2H6/c1-5-9-21(6-2)22-12-14-23(15-13-22)26-24(25)19(4)17-20-11-8-7-10-18(3)16-20;2*1-2/h8,11-15,18-21H,5-7,9-10,16-17H2,1-4H3;2*1-2H3. The Hall–Kier alpha value is -1.57. The molecule has 0 N–H and O–H groups in total. The Morgan fingerprint density at radius 2 is 1.73 bits per heavy atom. The smallest absolute Gasteiger partial charge is 0.314 e. The first-order valence-electron chi connectivity index (χ1n) is 12.5. The Kier molecular flexibility index (Phi) is 16.2. The monoisotopic (exact) mass is 416 g/mol. The second-order valence-corrected chi connectivity index (χ2v) is 8.13. The Bertz CT molecular complexity index is 573. The number of allylic oxidation sites excluding steroid dienone is 2. The lowest BCUT2D eigenvalue weighted by molar-refractivity contribution is -0.138. The minimum atomic E-state index is -0.108. The number of rotatable bonds is 8. The van der Waals surface area contributed by atoms with E-state index >= 15 is 0 Å². The summed E-state index contributed by atoms with van der Waals surface area (Å²) < 4.78 is 5.64. The van der Waals surface area contributed by atoms with Crippen LogP contribution in [0.3, 0.4) is 0 Å². The molecule has 0 spiro atoms. The third-order valence-corrected chi connectivity index (χ3v) is 5.70. The van der Waals surface area contributed by atoms with Gasteiger partial charge in [-0.2, -0.15) is 0 Å². The lowest BCUT2D eigenvalue weighted by Crippen LogP contribution is -2.20. The van der Waals surface area contributed by atoms with E-state index in [9.17, 15) is 4.79 Å². The molecule has 2 rings (SSSR count). The van der Waals surface area contributed by atoms with Crippen molar-refractivity contribution in [3.05, 3.63) is 42.0 Å². The van der Waals surface area contributed by atoms with Crippen LogP contribution in [0.15, 0.2) is 36.4 Å². The van der Waals surface area contributed by atoms with Crippen molar-refractivity contribution in [2.24, 2.45) is 17.8 Å². The van der Waals surface area contributed by atoms with Crippen LogP contribution in [-0.2, 0) is 4.79 Å². The molecule has 1 aromatic rings. The summed E-state index contributed by atoms with van der Waals surface area (Å²) in [5.74, 6) is 2.33. The van der Waals surface area contributed by atoms with E-state index in [0.717, 1.165) is 18.8 Å². The van der Waals surface area contributed by atoms with Crippen LogP contribution in [0.1, 0.15) is 112 Å². The van der Waals surface area contributed by atoms with Crippen LogP contribution < -0.4 is 4.74 Å². The molecule has 0 saturated carbocycles. The van der Waals surface area contributed by atoms with Crippen molar-refractivity contribution in [1.82, 2.24) is 0 Å². The van der Waals surface area contributed by atoms with Crippen LogP contribution in [0.2, 0.25) is 0 Å². The molecule has 0 aliphatic heterocycles. The maximum atomic E-state index is 12.5. The van der Waals surface area contributed by atoms with Crippen molar-refractivity contribution in [2.45, 2.75) is 106 Å². The summed E-state index contributed by atoms with van der Waals surface area (Å²) in [7, 11) is 0. The van der Waals surface area contributed by atoms with Gasteiger partial charge in [-0.3, -0.25) is 4.79 Å². The van der Waals surface area contributed by atoms with E-state index in [1.165, 1.54) is 37.7 Å². The molecule has 4 unspecified atom stereocenters. The summed E-state index contributed by atoms with van der Waals surface area (Å²) in [6, 6.07) is 8.14. The van der Waals surface area contributed by atoms with Gasteiger partial charge in [-0.25, -0.2) is 0 Å². The summed E-state index contributed by atoms with van der Waals surface area (Å²) in [5.41, 5.74) is 1.35. The minimum absolute atomic E-state index is 0.0712. The van der Waals surface area contributed by atoms with Gasteiger partial charge >= 0.3 is 5.97 Å². The molecule has 172 valence electrons. The molecule has 0 amide bonds. The topological polar surface area (TPSA) is 26.3 Å². The fourth-order valence-corrected chi connectivity index (χ4v) is 4.09. The average molecular weight is 417 g/mol. The maximum absolute atomic E-state index is 12.5. The zero-order valence-electron chi connectivity index (χ0n) is 21.0. The van der Waals surface area contributed by atoms with E-state index < -0.39 is 0 Å². The Morgan fingerprint density at radius 3 is 2.30 bits per heavy atom. The zero-order valence-corrected chi connectivity index (χ0v) is 21.0. The normalized spacial score (nSPS) is 19.9. The molecule has 0 saturated heterocycles. The summed E-state index contributed by atoms with van der Waals surface area (Å²) in [5, 5.41) is 0. The molecule has 0 fully saturated rings. The first-order chi connectivity index (χ1) is 14.5. The van der Waals surface area contributed by atoms with Gasteiger partial charge in [0.15, 0.2) is 0 Å². The largest absolute Gasteiger partial charge is 0.426 e. The fourth-order valence-electron chi connectivity index (χ4n) is 4.09. The van der Waals surface area contributed by atoms with Gasteiger partial charge in [0.25, 0.3) is 0 Å². The van der Waals surface area contributed by atoms with Gasteiger partial charge in [0.05, 0.1) is 5.92 Å². The third kappa shape index (κ3) is 10.5. The van der Waals surface area contributed by atoms with Crippen LogP contribution in [-0.4, -0.2) is 5.97 Å². The van der Waals surface area contributed by atoms with E-state index in [1.807, 2.05) is 46.8 Å². The summed E-state index contributed by atoms with van der Waals surface area (Å²) in [4.78, 5) is 12.5. The molecule has 1 aromatic carbocycles. The zero-order chi connectivity index (χ0) is 22.9. The molecular weight excluding hydrogens is 368 g/mol. The number of carbonyl (C=O) groups is 1. The number of ether oxygens (including phenoxy) is 1. The molecule has 0 aromatic heterocycles. The number of esters is 1. The lowest BCUT2D eigenvalue weighted by Gasteiger charge is -2.19. The predicted octanol–water partition coefficient (Wildman–Crippen LogP) is 8.96. The fraction of sp³-hybridized carbons (Fsp3) is 0.679. The van der Waals surface area contributed by atoms with E-state index in [-0.39, 0.29) is 11.9 Å². The maximum Gasteiger partial charge on any atom is 0.314 e. The third-order valence-electron chi connectivity index (χ3n) is 5.70. The van der Waals surface area contributed by atoms with Crippen molar-refractivity contribution in [1.29, 1.82) is 0 Å². The Morgan fingerprint density at radius 1 is 1.10 bits per heavy atom. The van der Waals surface area contributed by atoms with Gasteiger partial charge in [0.2, 0.25) is 0 Å². The molecule has 2 nitrogen and oxygen atoms in total. The number of hydrogen-bond acceptors (Lipinski definition) is 2. The van der Waals surface area contributed by atoms with Crippen LogP contribution in [0.5, 0.6) is 5.75 Å². The first-order valence-corrected chi connectivity index (χ1v) is 12.5. The molecule has 1 aliphatic rings. The molecule has 2 heteroatoms. The highest BCUT2D eigenvalue weighted by atomic mass is 16.5. The van der Waals surface area contributed by atoms with Gasteiger partial charge in [0, 0.05) is 0 Å². The van der Waals surface area contributed by atoms with Crippen molar-refractivity contribution in [2.75, 3.05) is 0 Å². The molecule has 4 atom stereocenters. The highest BCUT2D eigenvalue weighted by Crippen LogP contribution is 2.29. The molecule has 1 aliphatic carbocycles. The molecule has 0 heterocycles. The molecule has 0 radical (unpaired) electrons. The van der Waals surface area contributed by atoms with Crippen LogP contribution in [0, 0.1) is 17.8 Å². The van der Waals surface area contributed by atoms with Crippen molar-refractivity contribution in [3.8, 4) is 5.75 Å². The quantitative estimate of drug-likeness (QED) is 0.240. The second kappa shape index (κ2) is 17.1. The van der Waals surface area contributed by atoms with Crippen LogP contribution >= 0.6 is 0 Å². The second-order valence-electron chi connectivity index (χ2n) is 8.13. The Balaban J connectivity index is 0.00000198. The highest BCUT2D eigenvalue weighted by molar-refractivity contribution is 5.74. The van der Waals surface area contributed by atoms with Crippen molar-refractivity contribution < 1.29 is 9.53 Å². The van der Waals surface area contributed by atoms with E-state index in [1.54, 1.807) is 0 Å². The van der Waals surface area contributed by atoms with Gasteiger partial charge in [-0.05, 0) is 74.0 Å². The van der Waals surface area contributed by atoms with E-state index in [0.29, 0.717) is 17.6 Å². The molecule has 0 bridgehead atoms. The summed E-state index contributed by atoms with van der Waals surface area (Å²) >= 11 is 0. The number of carbonyl (C=O) groups excluding carboxylic acids is 1. The molecule has 30 heavy (non-hydrogen) atoms. The van der Waals surface area contributed by atoms with E-state index in [2.05, 4.69) is 45.1 Å². The van der Waals surface area contributed by atoms with Crippen LogP contribution in [0.4, 0.5) is 0 Å². The SMILES string of the molecule is CC.CC.CCCC(CC)c1ccc(OC(=O)C(C)CC2C=CCCC(C)C2)cc1. The summed E-state index contributed by atoms with van der Waals surface area (Å²) in [6.45, 7) is 16.8. The molecular formula is C28H48O2.